The van der Waals surface area contributed by atoms with Crippen LogP contribution in [0.1, 0.15) is 33.3 Å². The molecule has 0 bridgehead atoms. The third-order valence-electron chi connectivity index (χ3n) is 4.58. The molecule has 0 spiro atoms. The molecule has 136 valence electrons. The molecule has 27 heavy (non-hydrogen) atoms. The summed E-state index contributed by atoms with van der Waals surface area (Å²) in [6.45, 7) is 1.79. The van der Waals surface area contributed by atoms with E-state index in [-0.39, 0.29) is 24.0 Å². The van der Waals surface area contributed by atoms with Gasteiger partial charge in [-0.3, -0.25) is 9.59 Å². The van der Waals surface area contributed by atoms with E-state index in [0.717, 1.165) is 11.1 Å². The number of nitrogens with zero attached hydrogens (tertiary/aromatic N) is 1. The number of carbonyl (C=O) groups excluding carboxylic acids is 2. The first-order chi connectivity index (χ1) is 13.0. The summed E-state index contributed by atoms with van der Waals surface area (Å²) in [6, 6.07) is 14.2. The largest absolute Gasteiger partial charge is 0.459 e. The van der Waals surface area contributed by atoms with Gasteiger partial charge in [-0.2, -0.15) is 0 Å². The molecule has 0 aliphatic carbocycles. The second-order valence-electron chi connectivity index (χ2n) is 6.50. The van der Waals surface area contributed by atoms with Crippen LogP contribution in [0, 0.1) is 12.7 Å². The van der Waals surface area contributed by atoms with Gasteiger partial charge in [0.25, 0.3) is 5.91 Å². The summed E-state index contributed by atoms with van der Waals surface area (Å²) >= 11 is 0. The number of benzene rings is 2. The topological polar surface area (TPSA) is 62.6 Å². The van der Waals surface area contributed by atoms with Crippen LogP contribution in [-0.2, 0) is 4.79 Å². The molecular formula is C21H17FN2O3. The Balaban J connectivity index is 1.90. The van der Waals surface area contributed by atoms with Crippen molar-refractivity contribution in [2.24, 2.45) is 0 Å². The Labute approximate surface area is 155 Å². The molecule has 3 aromatic rings. The molecular weight excluding hydrogens is 347 g/mol. The minimum absolute atomic E-state index is 0.144. The number of fused-ring (bicyclic) bond motifs is 1. The van der Waals surface area contributed by atoms with Crippen LogP contribution in [0.15, 0.2) is 65.3 Å². The minimum Gasteiger partial charge on any atom is -0.459 e. The number of hydrogen-bond donors (Lipinski definition) is 1. The molecule has 1 aromatic heterocycles. The Morgan fingerprint density at radius 3 is 2.67 bits per heavy atom. The van der Waals surface area contributed by atoms with Crippen molar-refractivity contribution in [3.05, 3.63) is 89.1 Å². The van der Waals surface area contributed by atoms with Gasteiger partial charge in [0.15, 0.2) is 5.76 Å². The Bertz CT molecular complexity index is 997. The highest BCUT2D eigenvalue weighted by Gasteiger charge is 2.34. The highest BCUT2D eigenvalue weighted by molar-refractivity contribution is 6.00. The first-order valence-corrected chi connectivity index (χ1v) is 8.53. The molecule has 1 N–H and O–H groups in total. The minimum atomic E-state index is -0.558. The van der Waals surface area contributed by atoms with E-state index in [1.807, 2.05) is 25.1 Å². The number of halogens is 1. The molecule has 0 fully saturated rings. The van der Waals surface area contributed by atoms with E-state index < -0.39 is 11.9 Å². The fourth-order valence-corrected chi connectivity index (χ4v) is 3.36. The van der Waals surface area contributed by atoms with Crippen LogP contribution in [0.5, 0.6) is 0 Å². The first kappa shape index (κ1) is 17.0. The van der Waals surface area contributed by atoms with Crippen LogP contribution in [0.4, 0.5) is 10.1 Å². The van der Waals surface area contributed by atoms with Gasteiger partial charge in [-0.15, -0.1) is 0 Å². The van der Waals surface area contributed by atoms with E-state index in [4.69, 9.17) is 4.42 Å². The number of amides is 2. The number of nitrogens with one attached hydrogen (secondary N) is 1. The van der Waals surface area contributed by atoms with Crippen LogP contribution in [-0.4, -0.2) is 23.3 Å². The molecule has 1 atom stereocenters. The molecule has 0 saturated heterocycles. The van der Waals surface area contributed by atoms with Crippen molar-refractivity contribution in [1.82, 2.24) is 4.90 Å². The second-order valence-corrected chi connectivity index (χ2v) is 6.50. The average Bonchev–Trinajstić information content (AvgIpc) is 3.14. The van der Waals surface area contributed by atoms with Gasteiger partial charge in [0.05, 0.1) is 12.3 Å². The monoisotopic (exact) mass is 364 g/mol. The van der Waals surface area contributed by atoms with Crippen LogP contribution >= 0.6 is 0 Å². The lowest BCUT2D eigenvalue weighted by Crippen LogP contribution is -2.38. The maximum Gasteiger partial charge on any atom is 0.290 e. The van der Waals surface area contributed by atoms with Crippen LogP contribution < -0.4 is 5.32 Å². The number of carbonyl (C=O) groups is 2. The number of aryl methyl sites for hydroxylation is 1. The quantitative estimate of drug-likeness (QED) is 0.750. The van der Waals surface area contributed by atoms with E-state index in [2.05, 4.69) is 5.32 Å². The van der Waals surface area contributed by atoms with E-state index in [0.29, 0.717) is 11.3 Å². The molecule has 1 aliphatic heterocycles. The first-order valence-electron chi connectivity index (χ1n) is 8.53. The Morgan fingerprint density at radius 1 is 1.19 bits per heavy atom. The van der Waals surface area contributed by atoms with Crippen molar-refractivity contribution in [2.75, 3.05) is 11.9 Å². The summed E-state index contributed by atoms with van der Waals surface area (Å²) in [5.74, 6) is -0.926. The molecule has 0 radical (unpaired) electrons. The maximum absolute atomic E-state index is 13.5. The van der Waals surface area contributed by atoms with Crippen LogP contribution in [0.2, 0.25) is 0 Å². The number of furan rings is 1. The maximum atomic E-state index is 13.5. The lowest BCUT2D eigenvalue weighted by molar-refractivity contribution is -0.117. The van der Waals surface area contributed by atoms with Gasteiger partial charge in [0.1, 0.15) is 12.4 Å². The number of hydrogen-bond acceptors (Lipinski definition) is 3. The summed E-state index contributed by atoms with van der Waals surface area (Å²) in [6.07, 6.45) is 1.41. The Kier molecular flexibility index (Phi) is 4.24. The fourth-order valence-electron chi connectivity index (χ4n) is 3.36. The predicted octanol–water partition coefficient (Wildman–Crippen LogP) is 3.91. The lowest BCUT2D eigenvalue weighted by Gasteiger charge is -2.30. The number of rotatable bonds is 2. The Hall–Kier alpha value is -3.41. The highest BCUT2D eigenvalue weighted by Crippen LogP contribution is 2.37. The van der Waals surface area contributed by atoms with Crippen LogP contribution in [0.25, 0.3) is 0 Å². The molecule has 1 aliphatic rings. The van der Waals surface area contributed by atoms with Crippen molar-refractivity contribution in [1.29, 1.82) is 0 Å². The fraction of sp³-hybridized carbons (Fsp3) is 0.143. The highest BCUT2D eigenvalue weighted by atomic mass is 19.1. The zero-order valence-electron chi connectivity index (χ0n) is 14.6. The standard InChI is InChI=1S/C21H17FN2O3/c1-13-4-9-17-16(11-13)20(14-5-7-15(22)8-6-14)24(12-19(25)23-17)21(26)18-3-2-10-27-18/h2-11,20H,12H2,1H3,(H,23,25)/t20-/m0/s1. The van der Waals surface area contributed by atoms with E-state index in [1.54, 1.807) is 24.3 Å². The molecule has 2 amide bonds. The van der Waals surface area contributed by atoms with Crippen molar-refractivity contribution < 1.29 is 18.4 Å². The summed E-state index contributed by atoms with van der Waals surface area (Å²) in [5, 5.41) is 2.85. The van der Waals surface area contributed by atoms with E-state index in [9.17, 15) is 14.0 Å². The molecule has 2 aromatic carbocycles. The average molecular weight is 364 g/mol. The summed E-state index contributed by atoms with van der Waals surface area (Å²) in [4.78, 5) is 27.0. The van der Waals surface area contributed by atoms with Gasteiger partial charge in [-0.1, -0.05) is 29.8 Å². The van der Waals surface area contributed by atoms with E-state index in [1.165, 1.54) is 23.3 Å². The molecule has 5 nitrogen and oxygen atoms in total. The number of anilines is 1. The smallest absolute Gasteiger partial charge is 0.290 e. The normalized spacial score (nSPS) is 16.4. The van der Waals surface area contributed by atoms with Crippen molar-refractivity contribution in [3.8, 4) is 0 Å². The predicted molar refractivity (Wildman–Crippen MR) is 97.8 cm³/mol. The summed E-state index contributed by atoms with van der Waals surface area (Å²) in [7, 11) is 0. The molecule has 6 heteroatoms. The summed E-state index contributed by atoms with van der Waals surface area (Å²) in [5.41, 5.74) is 3.10. The second kappa shape index (κ2) is 6.72. The van der Waals surface area contributed by atoms with Crippen molar-refractivity contribution in [3.63, 3.8) is 0 Å². The van der Waals surface area contributed by atoms with E-state index >= 15 is 0 Å². The van der Waals surface area contributed by atoms with Gasteiger partial charge in [0, 0.05) is 11.3 Å². The third kappa shape index (κ3) is 3.21. The Morgan fingerprint density at radius 2 is 1.96 bits per heavy atom. The zero-order valence-corrected chi connectivity index (χ0v) is 14.6. The van der Waals surface area contributed by atoms with Crippen molar-refractivity contribution in [2.45, 2.75) is 13.0 Å². The SMILES string of the molecule is Cc1ccc2c(c1)[C@H](c1ccc(F)cc1)N(C(=O)c1ccco1)CC(=O)N2. The molecule has 2 heterocycles. The third-order valence-corrected chi connectivity index (χ3v) is 4.58. The van der Waals surface area contributed by atoms with Gasteiger partial charge in [-0.25, -0.2) is 4.39 Å². The lowest BCUT2D eigenvalue weighted by atomic mass is 9.94. The van der Waals surface area contributed by atoms with Gasteiger partial charge < -0.3 is 14.6 Å². The van der Waals surface area contributed by atoms with Crippen molar-refractivity contribution >= 4 is 17.5 Å². The van der Waals surface area contributed by atoms with Gasteiger partial charge >= 0.3 is 0 Å². The molecule has 0 saturated carbocycles. The zero-order chi connectivity index (χ0) is 19.0. The van der Waals surface area contributed by atoms with Gasteiger partial charge in [0.2, 0.25) is 5.91 Å². The van der Waals surface area contributed by atoms with Crippen LogP contribution in [0.3, 0.4) is 0 Å². The molecule has 0 unspecified atom stereocenters. The van der Waals surface area contributed by atoms with Gasteiger partial charge in [-0.05, 0) is 42.8 Å². The molecule has 4 rings (SSSR count). The summed E-state index contributed by atoms with van der Waals surface area (Å²) < 4.78 is 18.7.